The van der Waals surface area contributed by atoms with Crippen LogP contribution in [0.25, 0.3) is 6.08 Å². The summed E-state index contributed by atoms with van der Waals surface area (Å²) in [5, 5.41) is 8.91. The Balaban J connectivity index is 1.47. The molecule has 3 aromatic rings. The van der Waals surface area contributed by atoms with Gasteiger partial charge >= 0.3 is 0 Å². The zero-order chi connectivity index (χ0) is 23.4. The van der Waals surface area contributed by atoms with E-state index in [2.05, 4.69) is 28.1 Å². The van der Waals surface area contributed by atoms with Crippen LogP contribution in [-0.4, -0.2) is 16.0 Å². The van der Waals surface area contributed by atoms with E-state index in [-0.39, 0.29) is 17.7 Å². The molecule has 1 aliphatic heterocycles. The lowest BCUT2D eigenvalue weighted by Crippen LogP contribution is -2.27. The van der Waals surface area contributed by atoms with Crippen LogP contribution in [0.3, 0.4) is 0 Å². The van der Waals surface area contributed by atoms with Gasteiger partial charge in [-0.05, 0) is 75.6 Å². The Morgan fingerprint density at radius 1 is 1.09 bits per heavy atom. The number of benzene rings is 3. The molecule has 0 unspecified atom stereocenters. The smallest absolute Gasteiger partial charge is 0.293 e. The predicted octanol–water partition coefficient (Wildman–Crippen LogP) is 6.44. The average Bonchev–Trinajstić information content (AvgIpc) is 3.06. The zero-order valence-electron chi connectivity index (χ0n) is 17.7. The second-order valence-corrected chi connectivity index (χ2v) is 9.35. The molecule has 1 heterocycles. The molecule has 0 radical (unpaired) electrons. The summed E-state index contributed by atoms with van der Waals surface area (Å²) in [6.07, 6.45) is 1.69. The van der Waals surface area contributed by atoms with E-state index in [1.54, 1.807) is 30.3 Å². The fourth-order valence-electron chi connectivity index (χ4n) is 3.41. The number of nitriles is 1. The molecule has 164 valence electrons. The van der Waals surface area contributed by atoms with Crippen molar-refractivity contribution >= 4 is 44.9 Å². The lowest BCUT2D eigenvalue weighted by atomic mass is 10.1. The molecule has 5 nitrogen and oxygen atoms in total. The van der Waals surface area contributed by atoms with Crippen molar-refractivity contribution in [2.45, 2.75) is 20.1 Å². The van der Waals surface area contributed by atoms with Crippen LogP contribution in [0.15, 0.2) is 76.1 Å². The fraction of sp³-hybridized carbons (Fsp3) is 0.115. The number of hydrogen-bond acceptors (Lipinski definition) is 5. The second-order valence-electron chi connectivity index (χ2n) is 7.50. The molecular formula is C26H19BrN2O3S. The van der Waals surface area contributed by atoms with Crippen LogP contribution in [0, 0.1) is 18.3 Å². The van der Waals surface area contributed by atoms with Gasteiger partial charge in [-0.2, -0.15) is 5.26 Å². The van der Waals surface area contributed by atoms with Crippen LogP contribution in [-0.2, 0) is 17.9 Å². The molecule has 0 N–H and O–H groups in total. The molecule has 7 heteroatoms. The number of thioether (sulfide) groups is 1. The number of amides is 2. The highest BCUT2D eigenvalue weighted by Crippen LogP contribution is 2.35. The average molecular weight is 519 g/mol. The van der Waals surface area contributed by atoms with Crippen LogP contribution in [0.5, 0.6) is 5.75 Å². The summed E-state index contributed by atoms with van der Waals surface area (Å²) in [4.78, 5) is 26.8. The van der Waals surface area contributed by atoms with Crippen molar-refractivity contribution < 1.29 is 14.3 Å². The molecule has 1 saturated heterocycles. The molecule has 0 atom stereocenters. The van der Waals surface area contributed by atoms with Crippen LogP contribution in [0.4, 0.5) is 4.79 Å². The highest BCUT2D eigenvalue weighted by Gasteiger charge is 2.35. The molecule has 0 aromatic heterocycles. The highest BCUT2D eigenvalue weighted by molar-refractivity contribution is 9.10. The van der Waals surface area contributed by atoms with E-state index in [9.17, 15) is 14.9 Å². The predicted molar refractivity (Wildman–Crippen MR) is 132 cm³/mol. The van der Waals surface area contributed by atoms with E-state index < -0.39 is 0 Å². The molecule has 3 aromatic carbocycles. The number of halogens is 1. The van der Waals surface area contributed by atoms with Gasteiger partial charge in [0.1, 0.15) is 12.4 Å². The SMILES string of the molecule is Cc1cccc(COc2ccc(/C=C3/SC(=O)N(Cc4ccccc4C#N)C3=O)cc2Br)c1. The first-order valence-electron chi connectivity index (χ1n) is 10.2. The van der Waals surface area contributed by atoms with E-state index in [0.29, 0.717) is 28.4 Å². The Kier molecular flexibility index (Phi) is 6.97. The quantitative estimate of drug-likeness (QED) is 0.351. The summed E-state index contributed by atoms with van der Waals surface area (Å²) in [5.41, 5.74) is 4.12. The third-order valence-corrected chi connectivity index (χ3v) is 6.60. The van der Waals surface area contributed by atoms with Gasteiger partial charge in [0.25, 0.3) is 11.1 Å². The van der Waals surface area contributed by atoms with Gasteiger partial charge in [0.2, 0.25) is 0 Å². The van der Waals surface area contributed by atoms with Gasteiger partial charge in [-0.1, -0.05) is 54.1 Å². The van der Waals surface area contributed by atoms with Crippen molar-refractivity contribution in [3.05, 3.63) is 104 Å². The number of carbonyl (C=O) groups excluding carboxylic acids is 2. The van der Waals surface area contributed by atoms with E-state index in [4.69, 9.17) is 4.74 Å². The lowest BCUT2D eigenvalue weighted by molar-refractivity contribution is -0.123. The van der Waals surface area contributed by atoms with E-state index >= 15 is 0 Å². The molecule has 0 bridgehead atoms. The largest absolute Gasteiger partial charge is 0.488 e. The minimum absolute atomic E-state index is 0.0706. The Labute approximate surface area is 204 Å². The Hall–Kier alpha value is -3.34. The molecule has 4 rings (SSSR count). The summed E-state index contributed by atoms with van der Waals surface area (Å²) in [5.74, 6) is 0.323. The van der Waals surface area contributed by atoms with Gasteiger partial charge in [0.05, 0.1) is 27.6 Å². The van der Waals surface area contributed by atoms with Crippen LogP contribution in [0.2, 0.25) is 0 Å². The summed E-state index contributed by atoms with van der Waals surface area (Å²) in [6, 6.07) is 22.7. The number of ether oxygens (including phenoxy) is 1. The van der Waals surface area contributed by atoms with Crippen molar-refractivity contribution in [3.8, 4) is 11.8 Å². The molecule has 2 amide bonds. The van der Waals surface area contributed by atoms with Crippen molar-refractivity contribution in [1.29, 1.82) is 5.26 Å². The third kappa shape index (κ3) is 5.36. The normalized spacial score (nSPS) is 14.6. The first-order chi connectivity index (χ1) is 15.9. The number of carbonyl (C=O) groups is 2. The topological polar surface area (TPSA) is 70.4 Å². The van der Waals surface area contributed by atoms with Crippen molar-refractivity contribution in [3.63, 3.8) is 0 Å². The Bertz CT molecular complexity index is 1310. The molecule has 1 fully saturated rings. The fourth-order valence-corrected chi connectivity index (χ4v) is 4.76. The maximum atomic E-state index is 12.9. The van der Waals surface area contributed by atoms with Crippen LogP contribution in [0.1, 0.15) is 27.8 Å². The summed E-state index contributed by atoms with van der Waals surface area (Å²) in [7, 11) is 0. The third-order valence-electron chi connectivity index (χ3n) is 5.07. The summed E-state index contributed by atoms with van der Waals surface area (Å²) in [6.45, 7) is 2.56. The van der Waals surface area contributed by atoms with Gasteiger partial charge in [0, 0.05) is 0 Å². The van der Waals surface area contributed by atoms with Gasteiger partial charge in [-0.25, -0.2) is 0 Å². The monoisotopic (exact) mass is 518 g/mol. The lowest BCUT2D eigenvalue weighted by Gasteiger charge is -2.13. The summed E-state index contributed by atoms with van der Waals surface area (Å²) >= 11 is 4.43. The molecule has 0 spiro atoms. The Morgan fingerprint density at radius 3 is 2.67 bits per heavy atom. The van der Waals surface area contributed by atoms with Gasteiger partial charge in [-0.15, -0.1) is 0 Å². The Morgan fingerprint density at radius 2 is 1.91 bits per heavy atom. The minimum Gasteiger partial charge on any atom is -0.488 e. The van der Waals surface area contributed by atoms with Gasteiger partial charge in [-0.3, -0.25) is 14.5 Å². The van der Waals surface area contributed by atoms with Crippen LogP contribution >= 0.6 is 27.7 Å². The number of aryl methyl sites for hydroxylation is 1. The number of imide groups is 1. The molecule has 0 aliphatic carbocycles. The number of nitrogens with zero attached hydrogens (tertiary/aromatic N) is 2. The standard InChI is InChI=1S/C26H19BrN2O3S/c1-17-5-4-6-19(11-17)16-32-23-10-9-18(12-22(23)27)13-24-25(30)29(26(31)33-24)15-21-8-3-2-7-20(21)14-28/h2-13H,15-16H2,1H3/b24-13+. The summed E-state index contributed by atoms with van der Waals surface area (Å²) < 4.78 is 6.67. The maximum Gasteiger partial charge on any atom is 0.293 e. The number of hydrogen-bond donors (Lipinski definition) is 0. The molecule has 33 heavy (non-hydrogen) atoms. The number of rotatable bonds is 6. The van der Waals surface area contributed by atoms with Gasteiger partial charge in [0.15, 0.2) is 0 Å². The van der Waals surface area contributed by atoms with Crippen molar-refractivity contribution in [1.82, 2.24) is 4.90 Å². The van der Waals surface area contributed by atoms with E-state index in [1.807, 2.05) is 43.3 Å². The molecular weight excluding hydrogens is 500 g/mol. The molecule has 1 aliphatic rings. The maximum absolute atomic E-state index is 12.9. The van der Waals surface area contributed by atoms with Crippen molar-refractivity contribution in [2.24, 2.45) is 0 Å². The van der Waals surface area contributed by atoms with Crippen LogP contribution < -0.4 is 4.74 Å². The van der Waals surface area contributed by atoms with Gasteiger partial charge < -0.3 is 4.74 Å². The zero-order valence-corrected chi connectivity index (χ0v) is 20.2. The first kappa shape index (κ1) is 22.8. The first-order valence-corrected chi connectivity index (χ1v) is 11.8. The molecule has 0 saturated carbocycles. The van der Waals surface area contributed by atoms with Crippen molar-refractivity contribution in [2.75, 3.05) is 0 Å². The second kappa shape index (κ2) is 10.1. The van der Waals surface area contributed by atoms with E-state index in [0.717, 1.165) is 27.4 Å². The minimum atomic E-state index is -0.367. The highest BCUT2D eigenvalue weighted by atomic mass is 79.9. The van der Waals surface area contributed by atoms with E-state index in [1.165, 1.54) is 10.5 Å².